The van der Waals surface area contributed by atoms with Crippen LogP contribution in [0.2, 0.25) is 0 Å². The number of unbranched alkanes of at least 4 members (excludes halogenated alkanes) is 1. The summed E-state index contributed by atoms with van der Waals surface area (Å²) in [6, 6.07) is 5.90. The predicted octanol–water partition coefficient (Wildman–Crippen LogP) is 1.70. The van der Waals surface area contributed by atoms with E-state index in [1.54, 1.807) is 0 Å². The number of amides is 1. The normalized spacial score (nSPS) is 18.2. The number of carbonyl (C=O) groups excluding carboxylic acids is 1. The Labute approximate surface area is 120 Å². The van der Waals surface area contributed by atoms with E-state index in [2.05, 4.69) is 19.2 Å². The number of carbonyl (C=O) groups is 1. The van der Waals surface area contributed by atoms with Gasteiger partial charge in [0.05, 0.1) is 7.05 Å². The molecule has 0 bridgehead atoms. The van der Waals surface area contributed by atoms with Gasteiger partial charge < -0.3 is 15.4 Å². The zero-order valence-corrected chi connectivity index (χ0v) is 12.6. The van der Waals surface area contributed by atoms with Crippen LogP contribution in [-0.4, -0.2) is 25.1 Å². The number of benzene rings is 1. The smallest absolute Gasteiger partial charge is 0.282 e. The maximum atomic E-state index is 12.2. The zero-order chi connectivity index (χ0) is 14.5. The maximum Gasteiger partial charge on any atom is 0.282 e. The molecule has 0 unspecified atom stereocenters. The first-order chi connectivity index (χ1) is 9.63. The van der Waals surface area contributed by atoms with Gasteiger partial charge in [0.25, 0.3) is 5.91 Å². The Morgan fingerprint density at radius 1 is 1.55 bits per heavy atom. The highest BCUT2D eigenvalue weighted by Crippen LogP contribution is 2.30. The molecular formula is C16H25N2O2+. The molecule has 20 heavy (non-hydrogen) atoms. The number of hydrogen-bond acceptors (Lipinski definition) is 2. The molecule has 1 aliphatic rings. The van der Waals surface area contributed by atoms with E-state index in [9.17, 15) is 4.79 Å². The van der Waals surface area contributed by atoms with Gasteiger partial charge in [-0.05, 0) is 37.1 Å². The van der Waals surface area contributed by atoms with Gasteiger partial charge in [0.2, 0.25) is 0 Å². The molecule has 1 aromatic rings. The van der Waals surface area contributed by atoms with Crippen molar-refractivity contribution < 1.29 is 14.8 Å². The van der Waals surface area contributed by atoms with Crippen molar-refractivity contribution >= 4 is 11.6 Å². The molecule has 110 valence electrons. The molecule has 3 N–H and O–H groups in total. The Kier molecular flexibility index (Phi) is 5.01. The lowest BCUT2D eigenvalue weighted by molar-refractivity contribution is -0.650. The minimum atomic E-state index is -0.00150. The summed E-state index contributed by atoms with van der Waals surface area (Å²) < 4.78 is 5.67. The van der Waals surface area contributed by atoms with Crippen molar-refractivity contribution in [3.63, 3.8) is 0 Å². The van der Waals surface area contributed by atoms with Gasteiger partial charge in [0.15, 0.2) is 6.04 Å². The van der Waals surface area contributed by atoms with Crippen molar-refractivity contribution in [2.75, 3.05) is 12.4 Å². The Morgan fingerprint density at radius 3 is 3.05 bits per heavy atom. The van der Waals surface area contributed by atoms with E-state index >= 15 is 0 Å². The third-order valence-corrected chi connectivity index (χ3v) is 3.77. The standard InChI is InChI=1S/C16H24N2O2/c1-4-5-6-14(17-3)16(19)18-13-7-8-15-12(10-13)9-11(2)20-15/h7-8,10-11,14,17H,4-6,9H2,1-3H3,(H,18,19)/p+1/t11-,14+/m1/s1. The van der Waals surface area contributed by atoms with Crippen LogP contribution in [0.1, 0.15) is 38.7 Å². The molecule has 1 aliphatic heterocycles. The fraction of sp³-hybridized carbons (Fsp3) is 0.562. The quantitative estimate of drug-likeness (QED) is 0.831. The monoisotopic (exact) mass is 277 g/mol. The SMILES string of the molecule is CCCC[C@H]([NH2+]C)C(=O)Nc1ccc2c(c1)C[C@@H](C)O2. The number of anilines is 1. The second-order valence-corrected chi connectivity index (χ2v) is 5.53. The van der Waals surface area contributed by atoms with Gasteiger partial charge in [-0.15, -0.1) is 0 Å². The molecule has 1 heterocycles. The lowest BCUT2D eigenvalue weighted by Gasteiger charge is -2.13. The van der Waals surface area contributed by atoms with Gasteiger partial charge in [0, 0.05) is 18.5 Å². The van der Waals surface area contributed by atoms with E-state index in [1.165, 1.54) is 5.56 Å². The van der Waals surface area contributed by atoms with Crippen LogP contribution in [0.3, 0.4) is 0 Å². The molecule has 0 spiro atoms. The van der Waals surface area contributed by atoms with E-state index in [-0.39, 0.29) is 18.1 Å². The number of quaternary nitrogens is 1. The Morgan fingerprint density at radius 2 is 2.35 bits per heavy atom. The molecule has 4 nitrogen and oxygen atoms in total. The van der Waals surface area contributed by atoms with Crippen LogP contribution in [-0.2, 0) is 11.2 Å². The highest BCUT2D eigenvalue weighted by Gasteiger charge is 2.22. The number of hydrogen-bond donors (Lipinski definition) is 2. The highest BCUT2D eigenvalue weighted by atomic mass is 16.5. The lowest BCUT2D eigenvalue weighted by Crippen LogP contribution is -2.88. The third kappa shape index (κ3) is 3.51. The molecule has 0 fully saturated rings. The zero-order valence-electron chi connectivity index (χ0n) is 12.6. The minimum Gasteiger partial charge on any atom is -0.490 e. The second-order valence-electron chi connectivity index (χ2n) is 5.53. The fourth-order valence-corrected chi connectivity index (χ4v) is 2.61. The molecule has 4 heteroatoms. The first kappa shape index (κ1) is 14.9. The summed E-state index contributed by atoms with van der Waals surface area (Å²) in [6.07, 6.45) is 4.27. The molecular weight excluding hydrogens is 252 g/mol. The fourth-order valence-electron chi connectivity index (χ4n) is 2.61. The maximum absolute atomic E-state index is 12.2. The van der Waals surface area contributed by atoms with Crippen LogP contribution in [0, 0.1) is 0 Å². The number of likely N-dealkylation sites (N-methyl/N-ethyl adjacent to an activating group) is 1. The molecule has 0 aliphatic carbocycles. The van der Waals surface area contributed by atoms with Gasteiger partial charge in [-0.25, -0.2) is 0 Å². The molecule has 2 atom stereocenters. The van der Waals surface area contributed by atoms with Crippen LogP contribution in [0.25, 0.3) is 0 Å². The van der Waals surface area contributed by atoms with Gasteiger partial charge in [-0.1, -0.05) is 13.3 Å². The van der Waals surface area contributed by atoms with Gasteiger partial charge in [-0.3, -0.25) is 4.79 Å². The summed E-state index contributed by atoms with van der Waals surface area (Å²) in [5.41, 5.74) is 2.05. The van der Waals surface area contributed by atoms with Gasteiger partial charge in [-0.2, -0.15) is 0 Å². The summed E-state index contributed by atoms with van der Waals surface area (Å²) in [6.45, 7) is 4.21. The topological polar surface area (TPSA) is 54.9 Å². The summed E-state index contributed by atoms with van der Waals surface area (Å²) in [5, 5.41) is 5.01. The summed E-state index contributed by atoms with van der Waals surface area (Å²) in [5.74, 6) is 1.04. The van der Waals surface area contributed by atoms with Crippen LogP contribution >= 0.6 is 0 Å². The van der Waals surface area contributed by atoms with E-state index in [0.29, 0.717) is 0 Å². The number of nitrogens with two attached hydrogens (primary N) is 1. The first-order valence-corrected chi connectivity index (χ1v) is 7.54. The predicted molar refractivity (Wildman–Crippen MR) is 80.0 cm³/mol. The van der Waals surface area contributed by atoms with Crippen molar-refractivity contribution in [2.24, 2.45) is 0 Å². The Hall–Kier alpha value is -1.55. The van der Waals surface area contributed by atoms with E-state index < -0.39 is 0 Å². The molecule has 2 rings (SSSR count). The van der Waals surface area contributed by atoms with Crippen LogP contribution in [0.15, 0.2) is 18.2 Å². The molecule has 0 radical (unpaired) electrons. The number of ether oxygens (including phenoxy) is 1. The van der Waals surface area contributed by atoms with Crippen molar-refractivity contribution in [1.29, 1.82) is 0 Å². The molecule has 0 saturated heterocycles. The summed E-state index contributed by atoms with van der Waals surface area (Å²) in [7, 11) is 1.96. The Balaban J connectivity index is 1.99. The minimum absolute atomic E-state index is 0.00150. The van der Waals surface area contributed by atoms with Crippen LogP contribution in [0.5, 0.6) is 5.75 Å². The first-order valence-electron chi connectivity index (χ1n) is 7.54. The van der Waals surface area contributed by atoms with Crippen molar-refractivity contribution in [1.82, 2.24) is 0 Å². The molecule has 0 aromatic heterocycles. The number of nitrogens with one attached hydrogen (secondary N) is 1. The number of fused-ring (bicyclic) bond motifs is 1. The van der Waals surface area contributed by atoms with Crippen LogP contribution < -0.4 is 15.4 Å². The van der Waals surface area contributed by atoms with E-state index in [1.807, 2.05) is 30.6 Å². The summed E-state index contributed by atoms with van der Waals surface area (Å²) >= 11 is 0. The van der Waals surface area contributed by atoms with Crippen LogP contribution in [0.4, 0.5) is 5.69 Å². The van der Waals surface area contributed by atoms with Gasteiger partial charge in [0.1, 0.15) is 11.9 Å². The molecule has 1 aromatic carbocycles. The highest BCUT2D eigenvalue weighted by molar-refractivity contribution is 5.94. The Bertz CT molecular complexity index is 474. The van der Waals surface area contributed by atoms with E-state index in [0.717, 1.165) is 37.1 Å². The molecule has 0 saturated carbocycles. The van der Waals surface area contributed by atoms with E-state index in [4.69, 9.17) is 4.74 Å². The lowest BCUT2D eigenvalue weighted by atomic mass is 10.1. The largest absolute Gasteiger partial charge is 0.490 e. The van der Waals surface area contributed by atoms with Crippen molar-refractivity contribution in [2.45, 2.75) is 51.7 Å². The van der Waals surface area contributed by atoms with Gasteiger partial charge >= 0.3 is 0 Å². The third-order valence-electron chi connectivity index (χ3n) is 3.77. The average molecular weight is 277 g/mol. The molecule has 1 amide bonds. The number of rotatable bonds is 6. The second kappa shape index (κ2) is 6.75. The van der Waals surface area contributed by atoms with Crippen molar-refractivity contribution in [3.05, 3.63) is 23.8 Å². The average Bonchev–Trinajstić information content (AvgIpc) is 2.79. The summed E-state index contributed by atoms with van der Waals surface area (Å²) in [4.78, 5) is 12.2. The van der Waals surface area contributed by atoms with Crippen molar-refractivity contribution in [3.8, 4) is 5.75 Å².